The molecule has 0 aliphatic heterocycles. The summed E-state index contributed by atoms with van der Waals surface area (Å²) in [7, 11) is -2.15. The Morgan fingerprint density at radius 3 is 2.57 bits per heavy atom. The number of nitrogens with one attached hydrogen (secondary N) is 1. The molecule has 0 aliphatic carbocycles. The van der Waals surface area contributed by atoms with Crippen molar-refractivity contribution in [3.63, 3.8) is 0 Å². The van der Waals surface area contributed by atoms with Crippen LogP contribution in [0.3, 0.4) is 0 Å². The van der Waals surface area contributed by atoms with Crippen molar-refractivity contribution >= 4 is 33.0 Å². The van der Waals surface area contributed by atoms with Gasteiger partial charge in [0.1, 0.15) is 0 Å². The Hall–Kier alpha value is -2.06. The van der Waals surface area contributed by atoms with Crippen molar-refractivity contribution in [2.75, 3.05) is 18.1 Å². The minimum atomic E-state index is -3.43. The van der Waals surface area contributed by atoms with Crippen LogP contribution < -0.4 is 9.46 Å². The van der Waals surface area contributed by atoms with Gasteiger partial charge in [0.05, 0.1) is 19.1 Å². The molecule has 1 aromatic carbocycles. The van der Waals surface area contributed by atoms with E-state index in [1.807, 2.05) is 0 Å². The Bertz CT molecular complexity index is 751. The molecule has 0 aliphatic rings. The molecule has 0 saturated heterocycles. The van der Waals surface area contributed by atoms with Gasteiger partial charge in [-0.25, -0.2) is 13.2 Å². The highest BCUT2D eigenvalue weighted by Crippen LogP contribution is 2.34. The highest BCUT2D eigenvalue weighted by Gasteiger charge is 2.17. The molecular formula is C13H13NO5S2. The van der Waals surface area contributed by atoms with Crippen molar-refractivity contribution < 1.29 is 22.7 Å². The number of rotatable bonds is 5. The van der Waals surface area contributed by atoms with E-state index in [1.54, 1.807) is 35.7 Å². The molecule has 0 spiro atoms. The Morgan fingerprint density at radius 1 is 1.19 bits per heavy atom. The van der Waals surface area contributed by atoms with Crippen molar-refractivity contribution in [3.05, 3.63) is 40.6 Å². The number of hydrogen-bond donors (Lipinski definition) is 1. The lowest BCUT2D eigenvalue weighted by atomic mass is 10.3. The lowest BCUT2D eigenvalue weighted by Crippen LogP contribution is -2.10. The number of para-hydroxylation sites is 2. The molecule has 112 valence electrons. The zero-order chi connectivity index (χ0) is 15.5. The molecule has 0 saturated carbocycles. The average molecular weight is 327 g/mol. The molecule has 0 amide bonds. The lowest BCUT2D eigenvalue weighted by molar-refractivity contribution is 0.0604. The third-order valence-electron chi connectivity index (χ3n) is 2.40. The Morgan fingerprint density at radius 2 is 1.90 bits per heavy atom. The first-order chi connectivity index (χ1) is 9.90. The van der Waals surface area contributed by atoms with E-state index >= 15 is 0 Å². The van der Waals surface area contributed by atoms with E-state index in [0.717, 1.165) is 6.26 Å². The minimum Gasteiger partial charge on any atom is -0.465 e. The summed E-state index contributed by atoms with van der Waals surface area (Å²) in [6.45, 7) is 0. The van der Waals surface area contributed by atoms with E-state index in [-0.39, 0.29) is 0 Å². The summed E-state index contributed by atoms with van der Waals surface area (Å²) in [6, 6.07) is 8.17. The molecule has 1 N–H and O–H groups in total. The van der Waals surface area contributed by atoms with Gasteiger partial charge in [0.25, 0.3) is 0 Å². The van der Waals surface area contributed by atoms with Crippen LogP contribution in [0.25, 0.3) is 0 Å². The van der Waals surface area contributed by atoms with Gasteiger partial charge in [-0.3, -0.25) is 4.72 Å². The molecular weight excluding hydrogens is 314 g/mol. The van der Waals surface area contributed by atoms with Crippen LogP contribution in [0.2, 0.25) is 0 Å². The van der Waals surface area contributed by atoms with E-state index in [1.165, 1.54) is 18.4 Å². The maximum absolute atomic E-state index is 11.6. The molecule has 0 fully saturated rings. The van der Waals surface area contributed by atoms with Crippen molar-refractivity contribution in [2.45, 2.75) is 0 Å². The smallest absolute Gasteiger partial charge is 0.351 e. The van der Waals surface area contributed by atoms with Gasteiger partial charge < -0.3 is 9.47 Å². The fraction of sp³-hybridized carbons (Fsp3) is 0.154. The number of hydrogen-bond acceptors (Lipinski definition) is 6. The number of ether oxygens (including phenoxy) is 2. The number of carbonyl (C=O) groups excluding carboxylic acids is 1. The van der Waals surface area contributed by atoms with Gasteiger partial charge in [0.15, 0.2) is 16.4 Å². The summed E-state index contributed by atoms with van der Waals surface area (Å²) < 4.78 is 35.3. The van der Waals surface area contributed by atoms with E-state index < -0.39 is 16.0 Å². The maximum Gasteiger partial charge on any atom is 0.351 e. The van der Waals surface area contributed by atoms with Crippen molar-refractivity contribution in [1.29, 1.82) is 0 Å². The Labute approximate surface area is 126 Å². The second-order valence-electron chi connectivity index (χ2n) is 4.08. The first kappa shape index (κ1) is 15.3. The van der Waals surface area contributed by atoms with E-state index in [4.69, 9.17) is 4.74 Å². The summed E-state index contributed by atoms with van der Waals surface area (Å²) in [6.07, 6.45) is 1.05. The minimum absolute atomic E-state index is 0.294. The summed E-state index contributed by atoms with van der Waals surface area (Å²) in [5.74, 6) is 0.106. The van der Waals surface area contributed by atoms with Gasteiger partial charge >= 0.3 is 5.97 Å². The largest absolute Gasteiger partial charge is 0.465 e. The van der Waals surface area contributed by atoms with Crippen LogP contribution in [0.1, 0.15) is 9.67 Å². The fourth-order valence-corrected chi connectivity index (χ4v) is 2.88. The van der Waals surface area contributed by atoms with Crippen LogP contribution in [0.4, 0.5) is 5.69 Å². The number of esters is 1. The Kier molecular flexibility index (Phi) is 4.49. The normalized spacial score (nSPS) is 11.0. The van der Waals surface area contributed by atoms with Crippen LogP contribution in [-0.2, 0) is 14.8 Å². The standard InChI is InChI=1S/C13H13NO5S2/c1-18-13(15)12-11(7-8-20-12)19-10-6-4-3-5-9(10)14-21(2,16)17/h3-8,14H,1-2H3. The van der Waals surface area contributed by atoms with Crippen LogP contribution in [0, 0.1) is 0 Å². The second-order valence-corrected chi connectivity index (χ2v) is 6.74. The molecule has 1 aromatic heterocycles. The third kappa shape index (κ3) is 3.96. The first-order valence-corrected chi connectivity index (χ1v) is 8.58. The number of carbonyl (C=O) groups is 1. The molecule has 2 rings (SSSR count). The number of thiophene rings is 1. The van der Waals surface area contributed by atoms with Crippen LogP contribution in [0.5, 0.6) is 11.5 Å². The molecule has 21 heavy (non-hydrogen) atoms. The fourth-order valence-electron chi connectivity index (χ4n) is 1.58. The molecule has 0 bridgehead atoms. The summed E-state index contributed by atoms with van der Waals surface area (Å²) in [5.41, 5.74) is 0.294. The van der Waals surface area contributed by atoms with Crippen molar-refractivity contribution in [1.82, 2.24) is 0 Å². The number of sulfonamides is 1. The van der Waals surface area contributed by atoms with Gasteiger partial charge in [0.2, 0.25) is 10.0 Å². The molecule has 0 atom stereocenters. The van der Waals surface area contributed by atoms with E-state index in [9.17, 15) is 13.2 Å². The van der Waals surface area contributed by atoms with Gasteiger partial charge in [0, 0.05) is 0 Å². The quantitative estimate of drug-likeness (QED) is 0.854. The Balaban J connectivity index is 2.33. The number of anilines is 1. The van der Waals surface area contributed by atoms with E-state index in [0.29, 0.717) is 22.1 Å². The molecule has 0 radical (unpaired) electrons. The highest BCUT2D eigenvalue weighted by atomic mass is 32.2. The van der Waals surface area contributed by atoms with Crippen LogP contribution in [0.15, 0.2) is 35.7 Å². The molecule has 1 heterocycles. The predicted molar refractivity (Wildman–Crippen MR) is 80.6 cm³/mol. The maximum atomic E-state index is 11.6. The second kappa shape index (κ2) is 6.15. The number of benzene rings is 1. The molecule has 8 heteroatoms. The zero-order valence-corrected chi connectivity index (χ0v) is 13.0. The first-order valence-electron chi connectivity index (χ1n) is 5.81. The molecule has 6 nitrogen and oxygen atoms in total. The highest BCUT2D eigenvalue weighted by molar-refractivity contribution is 7.92. The van der Waals surface area contributed by atoms with Crippen molar-refractivity contribution in [2.24, 2.45) is 0 Å². The van der Waals surface area contributed by atoms with Gasteiger partial charge in [-0.1, -0.05) is 12.1 Å². The van der Waals surface area contributed by atoms with Gasteiger partial charge in [-0.05, 0) is 23.6 Å². The summed E-state index contributed by atoms with van der Waals surface area (Å²) in [5, 5.41) is 1.69. The topological polar surface area (TPSA) is 81.7 Å². The zero-order valence-electron chi connectivity index (χ0n) is 11.3. The summed E-state index contributed by atoms with van der Waals surface area (Å²) >= 11 is 1.18. The van der Waals surface area contributed by atoms with Crippen molar-refractivity contribution in [3.8, 4) is 11.5 Å². The average Bonchev–Trinajstić information content (AvgIpc) is 2.86. The van der Waals surface area contributed by atoms with Crippen LogP contribution in [-0.4, -0.2) is 27.8 Å². The molecule has 2 aromatic rings. The van der Waals surface area contributed by atoms with Crippen LogP contribution >= 0.6 is 11.3 Å². The lowest BCUT2D eigenvalue weighted by Gasteiger charge is -2.11. The predicted octanol–water partition coefficient (Wildman–Crippen LogP) is 2.70. The third-order valence-corrected chi connectivity index (χ3v) is 3.87. The SMILES string of the molecule is COC(=O)c1sccc1Oc1ccccc1NS(C)(=O)=O. The van der Waals surface area contributed by atoms with Gasteiger partial charge in [-0.15, -0.1) is 11.3 Å². The monoisotopic (exact) mass is 327 g/mol. The molecule has 0 unspecified atom stereocenters. The number of methoxy groups -OCH3 is 1. The van der Waals surface area contributed by atoms with Gasteiger partial charge in [-0.2, -0.15) is 0 Å². The summed E-state index contributed by atoms with van der Waals surface area (Å²) in [4.78, 5) is 11.9. The van der Waals surface area contributed by atoms with E-state index in [2.05, 4.69) is 9.46 Å².